The molecule has 1 aromatic rings. The predicted molar refractivity (Wildman–Crippen MR) is 49.4 cm³/mol. The summed E-state index contributed by atoms with van der Waals surface area (Å²) in [4.78, 5) is 21.4. The van der Waals surface area contributed by atoms with Crippen LogP contribution in [0.4, 0.5) is 5.69 Å². The van der Waals surface area contributed by atoms with Crippen molar-refractivity contribution in [1.29, 1.82) is 0 Å². The standard InChI is InChI=1S/C10H11NO3/c11-8-3-1-7(2-4-8)9(12)5-6-10(13)14/h1-4H,5-6,11H2,(H,13,14)/p-1. The van der Waals surface area contributed by atoms with Gasteiger partial charge in [0.05, 0.1) is 0 Å². The number of aliphatic carboxylic acids is 1. The Kier molecular flexibility index (Phi) is 3.23. The summed E-state index contributed by atoms with van der Waals surface area (Å²) in [7, 11) is 0. The zero-order chi connectivity index (χ0) is 10.6. The summed E-state index contributed by atoms with van der Waals surface area (Å²) in [5, 5.41) is 10.1. The van der Waals surface area contributed by atoms with Crippen LogP contribution in [0.25, 0.3) is 0 Å². The van der Waals surface area contributed by atoms with Crippen molar-refractivity contribution in [3.63, 3.8) is 0 Å². The Morgan fingerprint density at radius 3 is 2.21 bits per heavy atom. The topological polar surface area (TPSA) is 83.2 Å². The van der Waals surface area contributed by atoms with Crippen molar-refractivity contribution in [2.75, 3.05) is 5.73 Å². The lowest BCUT2D eigenvalue weighted by Crippen LogP contribution is -2.22. The third-order valence-electron chi connectivity index (χ3n) is 1.79. The number of rotatable bonds is 4. The first kappa shape index (κ1) is 10.2. The van der Waals surface area contributed by atoms with Gasteiger partial charge < -0.3 is 15.6 Å². The molecule has 0 bridgehead atoms. The third kappa shape index (κ3) is 2.90. The molecule has 2 N–H and O–H groups in total. The van der Waals surface area contributed by atoms with Gasteiger partial charge in [0.2, 0.25) is 0 Å². The molecule has 0 unspecified atom stereocenters. The Morgan fingerprint density at radius 1 is 1.14 bits per heavy atom. The highest BCUT2D eigenvalue weighted by Gasteiger charge is 2.04. The van der Waals surface area contributed by atoms with Gasteiger partial charge >= 0.3 is 0 Å². The van der Waals surface area contributed by atoms with Gasteiger partial charge in [0.1, 0.15) is 0 Å². The van der Waals surface area contributed by atoms with Gasteiger partial charge in [0.15, 0.2) is 5.78 Å². The average Bonchev–Trinajstić information content (AvgIpc) is 2.15. The van der Waals surface area contributed by atoms with Crippen LogP contribution in [0.3, 0.4) is 0 Å². The summed E-state index contributed by atoms with van der Waals surface area (Å²) in [5.41, 5.74) is 6.48. The molecule has 0 aliphatic heterocycles. The molecule has 0 radical (unpaired) electrons. The Balaban J connectivity index is 2.61. The number of benzene rings is 1. The maximum atomic E-state index is 11.3. The van der Waals surface area contributed by atoms with E-state index in [2.05, 4.69) is 0 Å². The normalized spacial score (nSPS) is 9.71. The molecule has 0 amide bonds. The van der Waals surface area contributed by atoms with Crippen LogP contribution in [0.5, 0.6) is 0 Å². The zero-order valence-corrected chi connectivity index (χ0v) is 7.53. The van der Waals surface area contributed by atoms with Gasteiger partial charge in [-0.2, -0.15) is 0 Å². The number of nitrogens with two attached hydrogens (primary N) is 1. The fourth-order valence-corrected chi connectivity index (χ4v) is 1.03. The number of hydrogen-bond acceptors (Lipinski definition) is 4. The Bertz CT molecular complexity index is 343. The van der Waals surface area contributed by atoms with E-state index >= 15 is 0 Å². The molecule has 0 fully saturated rings. The predicted octanol–water partition coefficient (Wildman–Crippen LogP) is -0.0184. The monoisotopic (exact) mass is 192 g/mol. The zero-order valence-electron chi connectivity index (χ0n) is 7.53. The first-order valence-corrected chi connectivity index (χ1v) is 4.18. The fraction of sp³-hybridized carbons (Fsp3) is 0.200. The van der Waals surface area contributed by atoms with Crippen LogP contribution in [0.2, 0.25) is 0 Å². The number of Topliss-reactive ketones (excluding diaryl/α,β-unsaturated/α-hetero) is 1. The van der Waals surface area contributed by atoms with Gasteiger partial charge in [0.25, 0.3) is 0 Å². The van der Waals surface area contributed by atoms with E-state index in [0.717, 1.165) is 0 Å². The number of carbonyl (C=O) groups is 2. The van der Waals surface area contributed by atoms with E-state index in [1.807, 2.05) is 0 Å². The fourth-order valence-electron chi connectivity index (χ4n) is 1.03. The minimum atomic E-state index is -1.21. The Hall–Kier alpha value is -1.84. The highest BCUT2D eigenvalue weighted by molar-refractivity contribution is 5.97. The number of carboxylic acids is 1. The van der Waals surface area contributed by atoms with Crippen LogP contribution in [0.1, 0.15) is 23.2 Å². The maximum absolute atomic E-state index is 11.3. The van der Waals surface area contributed by atoms with E-state index in [9.17, 15) is 14.7 Å². The molecule has 1 rings (SSSR count). The van der Waals surface area contributed by atoms with Crippen LogP contribution in [-0.2, 0) is 4.79 Å². The summed E-state index contributed by atoms with van der Waals surface area (Å²) in [6, 6.07) is 6.36. The van der Waals surface area contributed by atoms with Gasteiger partial charge in [-0.25, -0.2) is 0 Å². The first-order valence-electron chi connectivity index (χ1n) is 4.18. The second-order valence-electron chi connectivity index (χ2n) is 2.92. The average molecular weight is 192 g/mol. The molecule has 0 aliphatic carbocycles. The van der Waals surface area contributed by atoms with Crippen molar-refractivity contribution in [2.45, 2.75) is 12.8 Å². The number of carbonyl (C=O) groups excluding carboxylic acids is 2. The number of ketones is 1. The highest BCUT2D eigenvalue weighted by Crippen LogP contribution is 2.08. The van der Waals surface area contributed by atoms with Gasteiger partial charge in [-0.1, -0.05) is 0 Å². The summed E-state index contributed by atoms with van der Waals surface area (Å²) in [6.45, 7) is 0. The number of anilines is 1. The van der Waals surface area contributed by atoms with Crippen molar-refractivity contribution in [3.05, 3.63) is 29.8 Å². The van der Waals surface area contributed by atoms with Gasteiger partial charge in [-0.15, -0.1) is 0 Å². The minimum Gasteiger partial charge on any atom is -0.550 e. The third-order valence-corrected chi connectivity index (χ3v) is 1.79. The van der Waals surface area contributed by atoms with E-state index < -0.39 is 5.97 Å². The van der Waals surface area contributed by atoms with Gasteiger partial charge in [-0.3, -0.25) is 4.79 Å². The first-order chi connectivity index (χ1) is 6.59. The van der Waals surface area contributed by atoms with Crippen LogP contribution >= 0.6 is 0 Å². The lowest BCUT2D eigenvalue weighted by Gasteiger charge is -2.02. The molecule has 14 heavy (non-hydrogen) atoms. The number of hydrogen-bond donors (Lipinski definition) is 1. The SMILES string of the molecule is Nc1ccc(C(=O)CCC(=O)[O-])cc1. The molecule has 4 nitrogen and oxygen atoms in total. The van der Waals surface area contributed by atoms with Gasteiger partial charge in [-0.05, 0) is 30.7 Å². The van der Waals surface area contributed by atoms with E-state index in [4.69, 9.17) is 5.73 Å². The Labute approximate surface area is 81.3 Å². The molecule has 0 aliphatic rings. The van der Waals surface area contributed by atoms with Crippen LogP contribution < -0.4 is 10.8 Å². The van der Waals surface area contributed by atoms with E-state index in [0.29, 0.717) is 11.3 Å². The van der Waals surface area contributed by atoms with Crippen LogP contribution in [0, 0.1) is 0 Å². The molecule has 0 aromatic heterocycles. The molecule has 0 spiro atoms. The molecular weight excluding hydrogens is 182 g/mol. The molecule has 0 saturated carbocycles. The summed E-state index contributed by atoms with van der Waals surface area (Å²) in [6.07, 6.45) is -0.282. The summed E-state index contributed by atoms with van der Waals surface area (Å²) >= 11 is 0. The second-order valence-corrected chi connectivity index (χ2v) is 2.92. The van der Waals surface area contributed by atoms with E-state index in [-0.39, 0.29) is 18.6 Å². The van der Waals surface area contributed by atoms with Gasteiger partial charge in [0, 0.05) is 23.6 Å². The lowest BCUT2D eigenvalue weighted by molar-refractivity contribution is -0.305. The summed E-state index contributed by atoms with van der Waals surface area (Å²) in [5.74, 6) is -1.43. The quantitative estimate of drug-likeness (QED) is 0.536. The highest BCUT2D eigenvalue weighted by atomic mass is 16.4. The molecule has 0 atom stereocenters. The van der Waals surface area contributed by atoms with Crippen molar-refractivity contribution in [2.24, 2.45) is 0 Å². The van der Waals surface area contributed by atoms with Crippen molar-refractivity contribution < 1.29 is 14.7 Å². The van der Waals surface area contributed by atoms with E-state index in [1.165, 1.54) is 0 Å². The van der Waals surface area contributed by atoms with Crippen LogP contribution in [-0.4, -0.2) is 11.8 Å². The lowest BCUT2D eigenvalue weighted by atomic mass is 10.1. The van der Waals surface area contributed by atoms with E-state index in [1.54, 1.807) is 24.3 Å². The smallest absolute Gasteiger partial charge is 0.163 e. The van der Waals surface area contributed by atoms with Crippen molar-refractivity contribution in [1.82, 2.24) is 0 Å². The molecule has 4 heteroatoms. The maximum Gasteiger partial charge on any atom is 0.163 e. The van der Waals surface area contributed by atoms with Crippen molar-refractivity contribution >= 4 is 17.4 Å². The molecular formula is C10H10NO3-. The largest absolute Gasteiger partial charge is 0.550 e. The number of carboxylic acid groups (broad SMARTS) is 1. The van der Waals surface area contributed by atoms with Crippen LogP contribution in [0.15, 0.2) is 24.3 Å². The number of nitrogen functional groups attached to an aromatic ring is 1. The molecule has 74 valence electrons. The molecule has 0 saturated heterocycles. The minimum absolute atomic E-state index is 0.0355. The summed E-state index contributed by atoms with van der Waals surface area (Å²) < 4.78 is 0. The van der Waals surface area contributed by atoms with Crippen molar-refractivity contribution in [3.8, 4) is 0 Å². The Morgan fingerprint density at radius 2 is 1.71 bits per heavy atom. The molecule has 1 aromatic carbocycles. The second kappa shape index (κ2) is 4.41. The molecule has 0 heterocycles.